The summed E-state index contributed by atoms with van der Waals surface area (Å²) in [6.07, 6.45) is 0.433. The maximum absolute atomic E-state index is 11.7. The fraction of sp³-hybridized carbons (Fsp3) is 0.235. The number of rotatable bonds is 7. The largest absolute Gasteiger partial charge is 0.497 e. The molecule has 2 aromatic carbocycles. The predicted octanol–water partition coefficient (Wildman–Crippen LogP) is 3.45. The van der Waals surface area contributed by atoms with E-state index in [0.29, 0.717) is 6.42 Å². The maximum atomic E-state index is 11.7. The van der Waals surface area contributed by atoms with Gasteiger partial charge in [-0.25, -0.2) is 0 Å². The number of hydrogen-bond acceptors (Lipinski definition) is 4. The quantitative estimate of drug-likeness (QED) is 0.796. The number of ketones is 1. The van der Waals surface area contributed by atoms with E-state index in [4.69, 9.17) is 10.5 Å². The molecule has 0 bridgehead atoms. The van der Waals surface area contributed by atoms with Crippen LogP contribution in [0.1, 0.15) is 17.2 Å². The van der Waals surface area contributed by atoms with Crippen molar-refractivity contribution in [1.82, 2.24) is 0 Å². The van der Waals surface area contributed by atoms with Gasteiger partial charge in [-0.2, -0.15) is 0 Å². The highest BCUT2D eigenvalue weighted by Gasteiger charge is 2.17. The Balaban J connectivity index is 2.21. The monoisotopic (exact) mass is 301 g/mol. The molecule has 1 atom stereocenters. The lowest BCUT2D eigenvalue weighted by molar-refractivity contribution is -0.117. The molecule has 0 aliphatic carbocycles. The highest BCUT2D eigenvalue weighted by molar-refractivity contribution is 7.99. The number of thioether (sulfide) groups is 1. The van der Waals surface area contributed by atoms with Gasteiger partial charge in [-0.05, 0) is 23.8 Å². The van der Waals surface area contributed by atoms with Gasteiger partial charge in [-0.15, -0.1) is 11.8 Å². The lowest BCUT2D eigenvalue weighted by atomic mass is 10.1. The standard InChI is InChI=1S/C17H19NO2S/c1-20-15-8-5-9-16(11-15)21-17(10-14(19)12-18)13-6-3-2-4-7-13/h2-9,11,17H,10,12,18H2,1H3. The normalized spacial score (nSPS) is 11.9. The Bertz CT molecular complexity index is 586. The van der Waals surface area contributed by atoms with Crippen molar-refractivity contribution in [2.24, 2.45) is 5.73 Å². The molecule has 3 nitrogen and oxygen atoms in total. The van der Waals surface area contributed by atoms with Crippen molar-refractivity contribution in [3.63, 3.8) is 0 Å². The first-order chi connectivity index (χ1) is 10.2. The van der Waals surface area contributed by atoms with Crippen LogP contribution in [0.4, 0.5) is 0 Å². The van der Waals surface area contributed by atoms with Crippen molar-refractivity contribution in [1.29, 1.82) is 0 Å². The first kappa shape index (κ1) is 15.6. The third-order valence-corrected chi connectivity index (χ3v) is 4.38. The third kappa shape index (κ3) is 4.62. The molecule has 0 saturated heterocycles. The van der Waals surface area contributed by atoms with Crippen LogP contribution in [0.25, 0.3) is 0 Å². The highest BCUT2D eigenvalue weighted by atomic mass is 32.2. The minimum atomic E-state index is 0.0642. The van der Waals surface area contributed by atoms with Crippen LogP contribution in [0.15, 0.2) is 59.5 Å². The van der Waals surface area contributed by atoms with Gasteiger partial charge in [0.25, 0.3) is 0 Å². The summed E-state index contributed by atoms with van der Waals surface area (Å²) in [5.41, 5.74) is 6.59. The van der Waals surface area contributed by atoms with Crippen molar-refractivity contribution in [3.05, 3.63) is 60.2 Å². The molecule has 0 aliphatic heterocycles. The van der Waals surface area contributed by atoms with Crippen LogP contribution in [0.5, 0.6) is 5.75 Å². The number of methoxy groups -OCH3 is 1. The second-order valence-corrected chi connectivity index (χ2v) is 5.92. The molecule has 1 unspecified atom stereocenters. The fourth-order valence-electron chi connectivity index (χ4n) is 2.02. The van der Waals surface area contributed by atoms with Crippen molar-refractivity contribution in [2.75, 3.05) is 13.7 Å². The maximum Gasteiger partial charge on any atom is 0.147 e. The van der Waals surface area contributed by atoms with E-state index in [0.717, 1.165) is 16.2 Å². The van der Waals surface area contributed by atoms with E-state index in [1.54, 1.807) is 18.9 Å². The first-order valence-corrected chi connectivity index (χ1v) is 7.68. The van der Waals surface area contributed by atoms with Crippen molar-refractivity contribution in [2.45, 2.75) is 16.6 Å². The van der Waals surface area contributed by atoms with E-state index in [1.807, 2.05) is 54.6 Å². The van der Waals surface area contributed by atoms with E-state index in [9.17, 15) is 4.79 Å². The molecule has 0 heterocycles. The van der Waals surface area contributed by atoms with Crippen LogP contribution >= 0.6 is 11.8 Å². The molecule has 0 amide bonds. The topological polar surface area (TPSA) is 52.3 Å². The lowest BCUT2D eigenvalue weighted by Gasteiger charge is -2.16. The summed E-state index contributed by atoms with van der Waals surface area (Å²) in [5, 5.41) is 0.0642. The number of nitrogens with two attached hydrogens (primary N) is 1. The van der Waals surface area contributed by atoms with Crippen LogP contribution in [-0.4, -0.2) is 19.4 Å². The summed E-state index contributed by atoms with van der Waals surface area (Å²) >= 11 is 1.66. The molecule has 21 heavy (non-hydrogen) atoms. The Morgan fingerprint density at radius 1 is 1.19 bits per heavy atom. The molecule has 2 N–H and O–H groups in total. The minimum absolute atomic E-state index is 0.0642. The number of carbonyl (C=O) groups is 1. The van der Waals surface area contributed by atoms with Gasteiger partial charge >= 0.3 is 0 Å². The van der Waals surface area contributed by atoms with Gasteiger partial charge in [-0.1, -0.05) is 36.4 Å². The molecule has 0 aromatic heterocycles. The Hall–Kier alpha value is -1.78. The second kappa shape index (κ2) is 7.86. The van der Waals surface area contributed by atoms with Gasteiger partial charge in [0.1, 0.15) is 11.5 Å². The molecule has 2 rings (SSSR count). The smallest absolute Gasteiger partial charge is 0.147 e. The van der Waals surface area contributed by atoms with Crippen LogP contribution in [-0.2, 0) is 4.79 Å². The zero-order valence-corrected chi connectivity index (χ0v) is 12.8. The Kier molecular flexibility index (Phi) is 5.84. The van der Waals surface area contributed by atoms with Crippen LogP contribution in [0.3, 0.4) is 0 Å². The SMILES string of the molecule is COc1cccc(SC(CC(=O)CN)c2ccccc2)c1. The van der Waals surface area contributed by atoms with Crippen molar-refractivity contribution < 1.29 is 9.53 Å². The van der Waals surface area contributed by atoms with Gasteiger partial charge < -0.3 is 10.5 Å². The van der Waals surface area contributed by atoms with Crippen molar-refractivity contribution >= 4 is 17.5 Å². The van der Waals surface area contributed by atoms with Gasteiger partial charge in [0, 0.05) is 16.6 Å². The summed E-state index contributed by atoms with van der Waals surface area (Å²) in [6, 6.07) is 17.9. The highest BCUT2D eigenvalue weighted by Crippen LogP contribution is 2.38. The minimum Gasteiger partial charge on any atom is -0.497 e. The van der Waals surface area contributed by atoms with Gasteiger partial charge in [0.05, 0.1) is 13.7 Å². The number of benzene rings is 2. The van der Waals surface area contributed by atoms with Crippen molar-refractivity contribution in [3.8, 4) is 5.75 Å². The first-order valence-electron chi connectivity index (χ1n) is 6.80. The molecule has 4 heteroatoms. The Morgan fingerprint density at radius 2 is 1.95 bits per heavy atom. The number of hydrogen-bond donors (Lipinski definition) is 1. The molecular weight excluding hydrogens is 282 g/mol. The van der Waals surface area contributed by atoms with E-state index in [2.05, 4.69) is 0 Å². The third-order valence-electron chi connectivity index (χ3n) is 3.13. The summed E-state index contributed by atoms with van der Waals surface area (Å²) in [4.78, 5) is 12.8. The van der Waals surface area contributed by atoms with Crippen LogP contribution in [0.2, 0.25) is 0 Å². The molecular formula is C17H19NO2S. The van der Waals surface area contributed by atoms with Gasteiger partial charge in [0.15, 0.2) is 0 Å². The zero-order valence-electron chi connectivity index (χ0n) is 12.0. The molecule has 0 saturated carbocycles. The molecule has 2 aromatic rings. The van der Waals surface area contributed by atoms with Gasteiger partial charge in [0.2, 0.25) is 0 Å². The second-order valence-electron chi connectivity index (χ2n) is 4.64. The molecule has 110 valence electrons. The van der Waals surface area contributed by atoms with Crippen LogP contribution < -0.4 is 10.5 Å². The fourth-order valence-corrected chi connectivity index (χ4v) is 3.26. The van der Waals surface area contributed by atoms with E-state index >= 15 is 0 Å². The number of ether oxygens (including phenoxy) is 1. The summed E-state index contributed by atoms with van der Waals surface area (Å²) in [7, 11) is 1.65. The Morgan fingerprint density at radius 3 is 2.62 bits per heavy atom. The molecule has 0 radical (unpaired) electrons. The summed E-state index contributed by atoms with van der Waals surface area (Å²) in [5.74, 6) is 0.885. The van der Waals surface area contributed by atoms with E-state index in [1.165, 1.54) is 0 Å². The molecule has 0 aliphatic rings. The Labute approximate surface area is 129 Å². The molecule has 0 spiro atoms. The van der Waals surface area contributed by atoms with Gasteiger partial charge in [-0.3, -0.25) is 4.79 Å². The molecule has 0 fully saturated rings. The van der Waals surface area contributed by atoms with Crippen LogP contribution in [0, 0.1) is 0 Å². The van der Waals surface area contributed by atoms with E-state index < -0.39 is 0 Å². The number of Topliss-reactive ketones (excluding diaryl/α,β-unsaturated/α-hetero) is 1. The average molecular weight is 301 g/mol. The predicted molar refractivity (Wildman–Crippen MR) is 86.7 cm³/mol. The summed E-state index contributed by atoms with van der Waals surface area (Å²) < 4.78 is 5.24. The number of carbonyl (C=O) groups excluding carboxylic acids is 1. The summed E-state index contributed by atoms with van der Waals surface area (Å²) in [6.45, 7) is 0.0853. The zero-order chi connectivity index (χ0) is 15.1. The lowest BCUT2D eigenvalue weighted by Crippen LogP contribution is -2.15. The van der Waals surface area contributed by atoms with E-state index in [-0.39, 0.29) is 17.6 Å². The average Bonchev–Trinajstić information content (AvgIpc) is 2.55.